The Hall–Kier alpha value is -2.16. The zero-order valence-electron chi connectivity index (χ0n) is 12.2. The maximum Gasteiger partial charge on any atom is 0.121 e. The van der Waals surface area contributed by atoms with Crippen LogP contribution in [0, 0.1) is 0 Å². The Labute approximate surface area is 126 Å². The second kappa shape index (κ2) is 6.53. The molecule has 3 N–H and O–H groups in total. The molecule has 0 spiro atoms. The van der Waals surface area contributed by atoms with Gasteiger partial charge >= 0.3 is 0 Å². The van der Waals surface area contributed by atoms with E-state index < -0.39 is 0 Å². The first-order valence-electron chi connectivity index (χ1n) is 7.64. The number of anilines is 2. The summed E-state index contributed by atoms with van der Waals surface area (Å²) >= 11 is 0. The molecule has 21 heavy (non-hydrogen) atoms. The van der Waals surface area contributed by atoms with Crippen molar-refractivity contribution in [3.05, 3.63) is 54.1 Å². The molecule has 1 aliphatic carbocycles. The van der Waals surface area contributed by atoms with Crippen LogP contribution < -0.4 is 15.8 Å². The van der Waals surface area contributed by atoms with E-state index in [1.807, 2.05) is 36.4 Å². The zero-order chi connectivity index (χ0) is 14.5. The number of benzene rings is 2. The van der Waals surface area contributed by atoms with Crippen molar-refractivity contribution in [2.24, 2.45) is 0 Å². The third kappa shape index (κ3) is 3.91. The van der Waals surface area contributed by atoms with E-state index in [9.17, 15) is 0 Å². The van der Waals surface area contributed by atoms with Crippen LogP contribution in [0.15, 0.2) is 48.5 Å². The van der Waals surface area contributed by atoms with E-state index >= 15 is 0 Å². The van der Waals surface area contributed by atoms with Crippen LogP contribution in [0.25, 0.3) is 0 Å². The third-order valence-electron chi connectivity index (χ3n) is 3.92. The Balaban J connectivity index is 1.58. The summed E-state index contributed by atoms with van der Waals surface area (Å²) in [5, 5.41) is 3.42. The molecule has 0 amide bonds. The van der Waals surface area contributed by atoms with Crippen molar-refractivity contribution in [1.29, 1.82) is 0 Å². The first-order chi connectivity index (χ1) is 10.3. The second-order valence-electron chi connectivity index (χ2n) is 5.65. The molecule has 0 saturated heterocycles. The second-order valence-corrected chi connectivity index (χ2v) is 5.65. The van der Waals surface area contributed by atoms with Gasteiger partial charge in [-0.25, -0.2) is 0 Å². The number of rotatable bonds is 5. The summed E-state index contributed by atoms with van der Waals surface area (Å²) in [6.45, 7) is 0.785. The number of ether oxygens (including phenoxy) is 1. The molecule has 3 nitrogen and oxygen atoms in total. The number of hydrogen-bond donors (Lipinski definition) is 2. The van der Waals surface area contributed by atoms with Crippen molar-refractivity contribution < 1.29 is 4.74 Å². The lowest BCUT2D eigenvalue weighted by molar-refractivity contribution is 0.210. The van der Waals surface area contributed by atoms with Gasteiger partial charge in [-0.15, -0.1) is 0 Å². The van der Waals surface area contributed by atoms with Gasteiger partial charge in [-0.2, -0.15) is 0 Å². The molecule has 1 aliphatic rings. The Kier molecular flexibility index (Phi) is 4.29. The van der Waals surface area contributed by atoms with Gasteiger partial charge in [0.25, 0.3) is 0 Å². The first-order valence-corrected chi connectivity index (χ1v) is 7.64. The molecule has 3 heteroatoms. The summed E-state index contributed by atoms with van der Waals surface area (Å²) in [6.07, 6.45) is 5.35. The fourth-order valence-electron chi connectivity index (χ4n) is 2.72. The fraction of sp³-hybridized carbons (Fsp3) is 0.333. The Morgan fingerprint density at radius 3 is 2.57 bits per heavy atom. The SMILES string of the molecule is Nc1ccc(CNc2cccc(OC3CCCC3)c2)cc1. The minimum atomic E-state index is 0.400. The van der Waals surface area contributed by atoms with Crippen molar-refractivity contribution in [3.8, 4) is 5.75 Å². The molecule has 0 aliphatic heterocycles. The van der Waals surface area contributed by atoms with Gasteiger partial charge in [-0.05, 0) is 55.5 Å². The van der Waals surface area contributed by atoms with Crippen LogP contribution in [-0.4, -0.2) is 6.10 Å². The maximum atomic E-state index is 6.03. The van der Waals surface area contributed by atoms with Crippen LogP contribution in [0.1, 0.15) is 31.2 Å². The fourth-order valence-corrected chi connectivity index (χ4v) is 2.72. The van der Waals surface area contributed by atoms with E-state index in [4.69, 9.17) is 10.5 Å². The van der Waals surface area contributed by atoms with Crippen LogP contribution in [0.5, 0.6) is 5.75 Å². The van der Waals surface area contributed by atoms with Gasteiger partial charge in [-0.3, -0.25) is 0 Å². The lowest BCUT2D eigenvalue weighted by Gasteiger charge is -2.14. The summed E-state index contributed by atoms with van der Waals surface area (Å²) in [7, 11) is 0. The Bertz CT molecular complexity index is 574. The highest BCUT2D eigenvalue weighted by Crippen LogP contribution is 2.25. The quantitative estimate of drug-likeness (QED) is 0.808. The molecule has 0 unspecified atom stereocenters. The van der Waals surface area contributed by atoms with Crippen molar-refractivity contribution >= 4 is 11.4 Å². The number of nitrogens with two attached hydrogens (primary N) is 1. The maximum absolute atomic E-state index is 6.03. The summed E-state index contributed by atoms with van der Waals surface area (Å²) in [5.41, 5.74) is 8.79. The molecule has 2 aromatic carbocycles. The molecule has 110 valence electrons. The molecule has 0 radical (unpaired) electrons. The standard InChI is InChI=1S/C18H22N2O/c19-15-10-8-14(9-11-15)13-20-16-4-3-7-18(12-16)21-17-5-1-2-6-17/h3-4,7-12,17,20H,1-2,5-6,13,19H2. The lowest BCUT2D eigenvalue weighted by Crippen LogP contribution is -2.11. The molecule has 0 bridgehead atoms. The van der Waals surface area contributed by atoms with E-state index in [0.29, 0.717) is 6.10 Å². The van der Waals surface area contributed by atoms with Gasteiger partial charge in [-0.1, -0.05) is 18.2 Å². The average Bonchev–Trinajstić information content (AvgIpc) is 3.00. The molecule has 0 atom stereocenters. The van der Waals surface area contributed by atoms with E-state index in [0.717, 1.165) is 23.7 Å². The van der Waals surface area contributed by atoms with E-state index in [1.165, 1.54) is 31.2 Å². The van der Waals surface area contributed by atoms with Crippen LogP contribution >= 0.6 is 0 Å². The van der Waals surface area contributed by atoms with Gasteiger partial charge in [0.15, 0.2) is 0 Å². The summed E-state index contributed by atoms with van der Waals surface area (Å²) in [5.74, 6) is 0.962. The summed E-state index contributed by atoms with van der Waals surface area (Å²) in [4.78, 5) is 0. The first kappa shape index (κ1) is 13.8. The number of hydrogen-bond acceptors (Lipinski definition) is 3. The van der Waals surface area contributed by atoms with Crippen LogP contribution in [0.2, 0.25) is 0 Å². The largest absolute Gasteiger partial charge is 0.490 e. The summed E-state index contributed by atoms with van der Waals surface area (Å²) in [6, 6.07) is 16.2. The van der Waals surface area contributed by atoms with Gasteiger partial charge in [0.2, 0.25) is 0 Å². The Morgan fingerprint density at radius 1 is 1.05 bits per heavy atom. The zero-order valence-corrected chi connectivity index (χ0v) is 12.2. The van der Waals surface area contributed by atoms with Gasteiger partial charge in [0.1, 0.15) is 5.75 Å². The number of nitrogen functional groups attached to an aromatic ring is 1. The molecule has 1 fully saturated rings. The highest BCUT2D eigenvalue weighted by Gasteiger charge is 2.16. The van der Waals surface area contributed by atoms with Crippen LogP contribution in [0.3, 0.4) is 0 Å². The molecule has 0 aromatic heterocycles. The Morgan fingerprint density at radius 2 is 1.81 bits per heavy atom. The van der Waals surface area contributed by atoms with Crippen LogP contribution in [-0.2, 0) is 6.54 Å². The smallest absolute Gasteiger partial charge is 0.121 e. The van der Waals surface area contributed by atoms with E-state index in [2.05, 4.69) is 17.4 Å². The predicted molar refractivity (Wildman–Crippen MR) is 87.5 cm³/mol. The van der Waals surface area contributed by atoms with Crippen molar-refractivity contribution in [2.75, 3.05) is 11.1 Å². The molecule has 1 saturated carbocycles. The van der Waals surface area contributed by atoms with Crippen molar-refractivity contribution in [2.45, 2.75) is 38.3 Å². The predicted octanol–water partition coefficient (Wildman–Crippen LogP) is 4.20. The molecule has 0 heterocycles. The highest BCUT2D eigenvalue weighted by molar-refractivity contribution is 5.49. The van der Waals surface area contributed by atoms with Gasteiger partial charge < -0.3 is 15.8 Å². The molecular weight excluding hydrogens is 260 g/mol. The average molecular weight is 282 g/mol. The van der Waals surface area contributed by atoms with Gasteiger partial charge in [0.05, 0.1) is 6.10 Å². The summed E-state index contributed by atoms with van der Waals surface area (Å²) < 4.78 is 6.03. The topological polar surface area (TPSA) is 47.3 Å². The van der Waals surface area contributed by atoms with Crippen molar-refractivity contribution in [1.82, 2.24) is 0 Å². The van der Waals surface area contributed by atoms with E-state index in [1.54, 1.807) is 0 Å². The normalized spacial score (nSPS) is 15.0. The molecule has 3 rings (SSSR count). The number of nitrogens with one attached hydrogen (secondary N) is 1. The molecule has 2 aromatic rings. The molecular formula is C18H22N2O. The van der Waals surface area contributed by atoms with Crippen LogP contribution in [0.4, 0.5) is 11.4 Å². The van der Waals surface area contributed by atoms with Gasteiger partial charge in [0, 0.05) is 24.0 Å². The lowest BCUT2D eigenvalue weighted by atomic mass is 10.2. The minimum Gasteiger partial charge on any atom is -0.490 e. The highest BCUT2D eigenvalue weighted by atomic mass is 16.5. The van der Waals surface area contributed by atoms with E-state index in [-0.39, 0.29) is 0 Å². The third-order valence-corrected chi connectivity index (χ3v) is 3.92. The van der Waals surface area contributed by atoms with Crippen molar-refractivity contribution in [3.63, 3.8) is 0 Å². The monoisotopic (exact) mass is 282 g/mol. The minimum absolute atomic E-state index is 0.400.